The van der Waals surface area contributed by atoms with Crippen molar-refractivity contribution < 1.29 is 19.0 Å². The fraction of sp³-hybridized carbons (Fsp3) is 0.519. The molecule has 168 valence electrons. The summed E-state index contributed by atoms with van der Waals surface area (Å²) >= 11 is 0. The van der Waals surface area contributed by atoms with Gasteiger partial charge in [0.1, 0.15) is 0 Å². The average Bonchev–Trinajstić information content (AvgIpc) is 3.05. The number of benzene rings is 1. The summed E-state index contributed by atoms with van der Waals surface area (Å²) in [5, 5.41) is 0. The Morgan fingerprint density at radius 1 is 1.16 bits per heavy atom. The van der Waals surface area contributed by atoms with Gasteiger partial charge in [0.05, 0.1) is 12.2 Å². The van der Waals surface area contributed by atoms with Gasteiger partial charge in [0.2, 0.25) is 0 Å². The summed E-state index contributed by atoms with van der Waals surface area (Å²) in [6.45, 7) is 9.83. The van der Waals surface area contributed by atoms with Crippen molar-refractivity contribution in [3.8, 4) is 11.8 Å². The molecule has 1 heterocycles. The van der Waals surface area contributed by atoms with Gasteiger partial charge in [0, 0.05) is 12.5 Å². The van der Waals surface area contributed by atoms with E-state index in [-0.39, 0.29) is 12.2 Å². The first-order valence-electron chi connectivity index (χ1n) is 11.3. The van der Waals surface area contributed by atoms with Crippen molar-refractivity contribution in [2.45, 2.75) is 89.8 Å². The van der Waals surface area contributed by atoms with Crippen LogP contribution in [-0.4, -0.2) is 30.1 Å². The Kier molecular flexibility index (Phi) is 10.6. The van der Waals surface area contributed by atoms with Crippen LogP contribution in [0.4, 0.5) is 0 Å². The fourth-order valence-electron chi connectivity index (χ4n) is 3.57. The van der Waals surface area contributed by atoms with Crippen molar-refractivity contribution in [1.82, 2.24) is 0 Å². The maximum absolute atomic E-state index is 12.1. The van der Waals surface area contributed by atoms with Crippen molar-refractivity contribution >= 4 is 12.0 Å². The van der Waals surface area contributed by atoms with Crippen molar-refractivity contribution in [3.05, 3.63) is 54.6 Å². The van der Waals surface area contributed by atoms with Crippen molar-refractivity contribution in [2.75, 3.05) is 0 Å². The van der Waals surface area contributed by atoms with Crippen LogP contribution in [0.2, 0.25) is 0 Å². The summed E-state index contributed by atoms with van der Waals surface area (Å²) in [4.78, 5) is 12.1. The fourth-order valence-corrected chi connectivity index (χ4v) is 3.57. The highest BCUT2D eigenvalue weighted by molar-refractivity contribution is 5.87. The Morgan fingerprint density at radius 3 is 2.58 bits per heavy atom. The zero-order chi connectivity index (χ0) is 22.5. The summed E-state index contributed by atoms with van der Waals surface area (Å²) in [5.74, 6) is 5.05. The standard InChI is InChI=1S/C27H36O4/c1-5-7-8-9-13-18-24-25(31-27(3,4)30-24)19-14-17-23(6-2)29-26(28)21-20-22-15-11-10-12-16-22/h6,10-12,15-16,20-21,23-25H,2,5,7-9,13,18-19H2,1,3-4H3/b21-20+/t23-,24-,25-/m1/s1. The molecular formula is C27H36O4. The molecule has 0 bridgehead atoms. The molecule has 1 aliphatic heterocycles. The second-order valence-corrected chi connectivity index (χ2v) is 8.28. The number of esters is 1. The third kappa shape index (κ3) is 9.55. The lowest BCUT2D eigenvalue weighted by Gasteiger charge is -2.16. The summed E-state index contributed by atoms with van der Waals surface area (Å²) in [5.41, 5.74) is 0.933. The molecule has 0 N–H and O–H groups in total. The highest BCUT2D eigenvalue weighted by Crippen LogP contribution is 2.32. The third-order valence-corrected chi connectivity index (χ3v) is 5.09. The van der Waals surface area contributed by atoms with Gasteiger partial charge in [-0.05, 0) is 38.0 Å². The van der Waals surface area contributed by atoms with Gasteiger partial charge in [-0.2, -0.15) is 0 Å². The molecule has 4 nitrogen and oxygen atoms in total. The van der Waals surface area contributed by atoms with Gasteiger partial charge in [-0.25, -0.2) is 4.79 Å². The normalized spacial score (nSPS) is 20.7. The zero-order valence-corrected chi connectivity index (χ0v) is 19.1. The number of rotatable bonds is 11. The van der Waals surface area contributed by atoms with E-state index in [0.29, 0.717) is 6.42 Å². The van der Waals surface area contributed by atoms with Crippen molar-refractivity contribution in [2.24, 2.45) is 0 Å². The molecule has 1 aromatic rings. The van der Waals surface area contributed by atoms with E-state index in [0.717, 1.165) is 18.4 Å². The molecule has 0 unspecified atom stereocenters. The molecule has 0 spiro atoms. The van der Waals surface area contributed by atoms with Gasteiger partial charge in [0.15, 0.2) is 11.9 Å². The summed E-state index contributed by atoms with van der Waals surface area (Å²) in [6, 6.07) is 9.59. The van der Waals surface area contributed by atoms with Crippen LogP contribution in [0.15, 0.2) is 49.1 Å². The quantitative estimate of drug-likeness (QED) is 0.142. The molecule has 31 heavy (non-hydrogen) atoms. The van der Waals surface area contributed by atoms with E-state index in [1.165, 1.54) is 37.8 Å². The van der Waals surface area contributed by atoms with Crippen LogP contribution in [0.3, 0.4) is 0 Å². The van der Waals surface area contributed by atoms with E-state index >= 15 is 0 Å². The molecule has 4 heteroatoms. The maximum Gasteiger partial charge on any atom is 0.332 e. The molecule has 2 rings (SSSR count). The Labute approximate surface area is 187 Å². The average molecular weight is 425 g/mol. The molecule has 3 atom stereocenters. The Hall–Kier alpha value is -2.35. The number of carbonyl (C=O) groups excluding carboxylic acids is 1. The minimum atomic E-state index is -0.657. The topological polar surface area (TPSA) is 44.8 Å². The second kappa shape index (κ2) is 13.1. The largest absolute Gasteiger partial charge is 0.442 e. The Balaban J connectivity index is 1.84. The Morgan fingerprint density at radius 2 is 1.87 bits per heavy atom. The van der Waals surface area contributed by atoms with E-state index in [2.05, 4.69) is 25.3 Å². The first kappa shape index (κ1) is 24.9. The number of hydrogen-bond acceptors (Lipinski definition) is 4. The van der Waals surface area contributed by atoms with E-state index < -0.39 is 17.9 Å². The summed E-state index contributed by atoms with van der Waals surface area (Å²) in [6.07, 6.45) is 11.6. The predicted molar refractivity (Wildman–Crippen MR) is 125 cm³/mol. The van der Waals surface area contributed by atoms with Crippen LogP contribution in [-0.2, 0) is 19.0 Å². The lowest BCUT2D eigenvalue weighted by atomic mass is 10.0. The van der Waals surface area contributed by atoms with E-state index in [9.17, 15) is 4.79 Å². The maximum atomic E-state index is 12.1. The van der Waals surface area contributed by atoms with Gasteiger partial charge >= 0.3 is 5.97 Å². The molecule has 0 saturated carbocycles. The lowest BCUT2D eigenvalue weighted by Crippen LogP contribution is -2.22. The van der Waals surface area contributed by atoms with Crippen LogP contribution in [0.5, 0.6) is 0 Å². The van der Waals surface area contributed by atoms with E-state index in [1.807, 2.05) is 44.2 Å². The highest BCUT2D eigenvalue weighted by Gasteiger charge is 2.40. The summed E-state index contributed by atoms with van der Waals surface area (Å²) < 4.78 is 17.5. The molecule has 0 aliphatic carbocycles. The molecule has 0 amide bonds. The zero-order valence-electron chi connectivity index (χ0n) is 19.1. The first-order valence-corrected chi connectivity index (χ1v) is 11.3. The van der Waals surface area contributed by atoms with Crippen LogP contribution < -0.4 is 0 Å². The van der Waals surface area contributed by atoms with Crippen LogP contribution >= 0.6 is 0 Å². The van der Waals surface area contributed by atoms with Gasteiger partial charge in [-0.3, -0.25) is 0 Å². The monoisotopic (exact) mass is 424 g/mol. The second-order valence-electron chi connectivity index (χ2n) is 8.28. The van der Waals surface area contributed by atoms with E-state index in [1.54, 1.807) is 6.08 Å². The molecule has 1 saturated heterocycles. The predicted octanol–water partition coefficient (Wildman–Crippen LogP) is 6.07. The number of unbranched alkanes of at least 4 members (excludes halogenated alkanes) is 4. The number of hydrogen-bond donors (Lipinski definition) is 0. The van der Waals surface area contributed by atoms with Crippen molar-refractivity contribution in [3.63, 3.8) is 0 Å². The SMILES string of the molecule is C=C[C@H](C#CC[C@H]1OC(C)(C)O[C@@H]1CCCCCCC)OC(=O)/C=C/c1ccccc1. The smallest absolute Gasteiger partial charge is 0.332 e. The van der Waals surface area contributed by atoms with Gasteiger partial charge in [-0.1, -0.05) is 87.8 Å². The molecule has 1 aliphatic rings. The van der Waals surface area contributed by atoms with Gasteiger partial charge in [0.25, 0.3) is 0 Å². The van der Waals surface area contributed by atoms with Crippen LogP contribution in [0.25, 0.3) is 6.08 Å². The summed E-state index contributed by atoms with van der Waals surface area (Å²) in [7, 11) is 0. The first-order chi connectivity index (χ1) is 14.9. The molecular weight excluding hydrogens is 388 g/mol. The highest BCUT2D eigenvalue weighted by atomic mass is 16.7. The third-order valence-electron chi connectivity index (χ3n) is 5.09. The minimum Gasteiger partial charge on any atom is -0.442 e. The van der Waals surface area contributed by atoms with E-state index in [4.69, 9.17) is 14.2 Å². The van der Waals surface area contributed by atoms with Crippen LogP contribution in [0, 0.1) is 11.8 Å². The molecule has 1 aromatic carbocycles. The Bertz CT molecular complexity index is 769. The number of carbonyl (C=O) groups is 1. The number of ether oxygens (including phenoxy) is 3. The van der Waals surface area contributed by atoms with Crippen molar-refractivity contribution in [1.29, 1.82) is 0 Å². The lowest BCUT2D eigenvalue weighted by molar-refractivity contribution is -0.146. The molecule has 0 radical (unpaired) electrons. The molecule has 0 aromatic heterocycles. The molecule has 1 fully saturated rings. The van der Waals surface area contributed by atoms with Gasteiger partial charge in [-0.15, -0.1) is 0 Å². The van der Waals surface area contributed by atoms with Crippen LogP contribution in [0.1, 0.15) is 71.3 Å². The van der Waals surface area contributed by atoms with Gasteiger partial charge < -0.3 is 14.2 Å². The minimum absolute atomic E-state index is 0.0458.